The third-order valence-electron chi connectivity index (χ3n) is 6.76. The fourth-order valence-corrected chi connectivity index (χ4v) is 4.82. The number of unbranched alkanes of at least 4 members (excludes halogenated alkanes) is 15. The molecule has 0 bridgehead atoms. The van der Waals surface area contributed by atoms with Gasteiger partial charge in [-0.1, -0.05) is 128 Å². The summed E-state index contributed by atoms with van der Waals surface area (Å²) < 4.78 is 4.85. The Bertz CT molecular complexity index is 673. The molecular formula is C30H51N2+. The van der Waals surface area contributed by atoms with Gasteiger partial charge >= 0.3 is 0 Å². The number of hydrogen-bond acceptors (Lipinski definition) is 0. The van der Waals surface area contributed by atoms with E-state index in [0.717, 1.165) is 6.54 Å². The molecule has 0 N–H and O–H groups in total. The molecule has 0 aliphatic heterocycles. The SMILES string of the molecule is CCCCCCCCCCCCCCCCCCc1n(-c2ccccc2)cc[n+]1CCC. The molecule has 0 aliphatic carbocycles. The highest BCUT2D eigenvalue weighted by atomic mass is 15.1. The monoisotopic (exact) mass is 439 g/mol. The van der Waals surface area contributed by atoms with Gasteiger partial charge in [0.2, 0.25) is 0 Å². The number of hydrogen-bond donors (Lipinski definition) is 0. The predicted molar refractivity (Wildman–Crippen MR) is 140 cm³/mol. The molecule has 0 unspecified atom stereocenters. The first-order chi connectivity index (χ1) is 15.9. The number of benzene rings is 1. The van der Waals surface area contributed by atoms with Crippen LogP contribution in [0.5, 0.6) is 0 Å². The molecule has 2 nitrogen and oxygen atoms in total. The van der Waals surface area contributed by atoms with Gasteiger partial charge < -0.3 is 0 Å². The Morgan fingerprint density at radius 3 is 1.59 bits per heavy atom. The summed E-state index contributed by atoms with van der Waals surface area (Å²) in [5.74, 6) is 1.46. The van der Waals surface area contributed by atoms with Crippen molar-refractivity contribution >= 4 is 0 Å². The summed E-state index contributed by atoms with van der Waals surface area (Å²) in [4.78, 5) is 0. The van der Waals surface area contributed by atoms with Gasteiger partial charge in [0.15, 0.2) is 0 Å². The van der Waals surface area contributed by atoms with Crippen LogP contribution < -0.4 is 4.57 Å². The number of imidazole rings is 1. The second-order valence-corrected chi connectivity index (χ2v) is 9.67. The van der Waals surface area contributed by atoms with E-state index in [4.69, 9.17) is 0 Å². The highest BCUT2D eigenvalue weighted by Gasteiger charge is 2.17. The van der Waals surface area contributed by atoms with Gasteiger partial charge in [0, 0.05) is 6.42 Å². The van der Waals surface area contributed by atoms with Gasteiger partial charge in [0.1, 0.15) is 18.1 Å². The average molecular weight is 440 g/mol. The Morgan fingerprint density at radius 1 is 0.594 bits per heavy atom. The van der Waals surface area contributed by atoms with Crippen molar-refractivity contribution in [3.63, 3.8) is 0 Å². The van der Waals surface area contributed by atoms with E-state index < -0.39 is 0 Å². The average Bonchev–Trinajstić information content (AvgIpc) is 3.22. The Labute approximate surface area is 199 Å². The summed E-state index contributed by atoms with van der Waals surface area (Å²) in [6.45, 7) is 5.69. The maximum Gasteiger partial charge on any atom is 0.261 e. The van der Waals surface area contributed by atoms with Crippen LogP contribution in [0.1, 0.15) is 129 Å². The molecule has 2 heteroatoms. The molecule has 0 atom stereocenters. The van der Waals surface area contributed by atoms with Gasteiger partial charge in [0.25, 0.3) is 5.82 Å². The van der Waals surface area contributed by atoms with Crippen molar-refractivity contribution in [1.82, 2.24) is 4.57 Å². The Kier molecular flexibility index (Phi) is 14.9. The van der Waals surface area contributed by atoms with Crippen molar-refractivity contribution in [2.75, 3.05) is 0 Å². The smallest absolute Gasteiger partial charge is 0.234 e. The molecule has 0 spiro atoms. The first-order valence-electron chi connectivity index (χ1n) is 14.0. The zero-order valence-corrected chi connectivity index (χ0v) is 21.4. The third kappa shape index (κ3) is 10.8. The van der Waals surface area contributed by atoms with E-state index in [1.807, 2.05) is 0 Å². The number of aryl methyl sites for hydroxylation is 1. The minimum atomic E-state index is 1.12. The Balaban J connectivity index is 1.50. The van der Waals surface area contributed by atoms with Crippen molar-refractivity contribution in [3.8, 4) is 5.69 Å². The summed E-state index contributed by atoms with van der Waals surface area (Å²) in [5.41, 5.74) is 1.29. The van der Waals surface area contributed by atoms with E-state index in [1.165, 1.54) is 127 Å². The Morgan fingerprint density at radius 2 is 1.09 bits per heavy atom. The van der Waals surface area contributed by atoms with Crippen molar-refractivity contribution in [2.45, 2.75) is 136 Å². The van der Waals surface area contributed by atoms with Gasteiger partial charge in [-0.25, -0.2) is 4.57 Å². The van der Waals surface area contributed by atoms with Crippen LogP contribution in [-0.2, 0) is 13.0 Å². The minimum absolute atomic E-state index is 1.12. The Hall–Kier alpha value is -1.57. The van der Waals surface area contributed by atoms with Crippen molar-refractivity contribution in [1.29, 1.82) is 0 Å². The van der Waals surface area contributed by atoms with Crippen molar-refractivity contribution in [3.05, 3.63) is 48.5 Å². The summed E-state index contributed by atoms with van der Waals surface area (Å²) in [6, 6.07) is 10.8. The highest BCUT2D eigenvalue weighted by Crippen LogP contribution is 2.15. The normalized spacial score (nSPS) is 11.3. The largest absolute Gasteiger partial charge is 0.261 e. The molecule has 0 saturated heterocycles. The molecule has 0 aliphatic rings. The molecule has 32 heavy (non-hydrogen) atoms. The molecular weight excluding hydrogens is 388 g/mol. The summed E-state index contributed by atoms with van der Waals surface area (Å²) in [6.07, 6.45) is 29.7. The summed E-state index contributed by atoms with van der Waals surface area (Å²) in [7, 11) is 0. The van der Waals surface area contributed by atoms with E-state index in [-0.39, 0.29) is 0 Å². The number of aromatic nitrogens is 2. The van der Waals surface area contributed by atoms with Gasteiger partial charge in [-0.15, -0.1) is 0 Å². The first kappa shape index (κ1) is 26.7. The number of rotatable bonds is 20. The zero-order valence-electron chi connectivity index (χ0n) is 21.4. The lowest BCUT2D eigenvalue weighted by Gasteiger charge is -2.06. The van der Waals surface area contributed by atoms with Gasteiger partial charge in [-0.05, 0) is 25.0 Å². The highest BCUT2D eigenvalue weighted by molar-refractivity contribution is 5.31. The topological polar surface area (TPSA) is 8.81 Å². The molecule has 2 rings (SSSR count). The van der Waals surface area contributed by atoms with E-state index in [2.05, 4.69) is 65.7 Å². The van der Waals surface area contributed by atoms with Crippen LogP contribution in [-0.4, -0.2) is 4.57 Å². The lowest BCUT2D eigenvalue weighted by molar-refractivity contribution is -0.703. The molecule has 1 heterocycles. The van der Waals surface area contributed by atoms with Crippen LogP contribution in [0.2, 0.25) is 0 Å². The van der Waals surface area contributed by atoms with Crippen LogP contribution in [0.15, 0.2) is 42.7 Å². The van der Waals surface area contributed by atoms with Crippen LogP contribution >= 0.6 is 0 Å². The minimum Gasteiger partial charge on any atom is -0.234 e. The molecule has 0 fully saturated rings. The molecule has 1 aromatic heterocycles. The molecule has 2 aromatic rings. The second kappa shape index (κ2) is 17.9. The van der Waals surface area contributed by atoms with E-state index in [1.54, 1.807) is 0 Å². The summed E-state index contributed by atoms with van der Waals surface area (Å²) >= 11 is 0. The fraction of sp³-hybridized carbons (Fsp3) is 0.700. The van der Waals surface area contributed by atoms with E-state index in [0.29, 0.717) is 0 Å². The van der Waals surface area contributed by atoms with Gasteiger partial charge in [-0.2, -0.15) is 4.57 Å². The lowest BCUT2D eigenvalue weighted by Crippen LogP contribution is -2.36. The standard InChI is InChI=1S/C30H51N2/c1-3-5-6-7-8-9-10-11-12-13-14-15-16-17-18-22-25-30-31(26-4-2)27-28-32(30)29-23-20-19-21-24-29/h19-21,23-24,27-28H,3-18,22,25-26H2,1-2H3/q+1. The third-order valence-corrected chi connectivity index (χ3v) is 6.76. The van der Waals surface area contributed by atoms with Gasteiger partial charge in [-0.3, -0.25) is 0 Å². The van der Waals surface area contributed by atoms with Crippen molar-refractivity contribution in [2.24, 2.45) is 0 Å². The molecule has 0 saturated carbocycles. The van der Waals surface area contributed by atoms with E-state index in [9.17, 15) is 0 Å². The maximum atomic E-state index is 2.46. The zero-order chi connectivity index (χ0) is 22.7. The summed E-state index contributed by atoms with van der Waals surface area (Å²) in [5, 5.41) is 0. The number of para-hydroxylation sites is 1. The maximum absolute atomic E-state index is 2.46. The predicted octanol–water partition coefficient (Wildman–Crippen LogP) is 8.98. The van der Waals surface area contributed by atoms with Crippen LogP contribution in [0.25, 0.3) is 5.69 Å². The van der Waals surface area contributed by atoms with Crippen LogP contribution in [0.4, 0.5) is 0 Å². The van der Waals surface area contributed by atoms with Crippen LogP contribution in [0, 0.1) is 0 Å². The first-order valence-corrected chi connectivity index (χ1v) is 14.0. The van der Waals surface area contributed by atoms with Crippen molar-refractivity contribution < 1.29 is 4.57 Å². The second-order valence-electron chi connectivity index (χ2n) is 9.67. The van der Waals surface area contributed by atoms with E-state index >= 15 is 0 Å². The lowest BCUT2D eigenvalue weighted by atomic mass is 10.0. The molecule has 1 aromatic carbocycles. The molecule has 180 valence electrons. The molecule has 0 amide bonds. The molecule has 0 radical (unpaired) electrons. The fourth-order valence-electron chi connectivity index (χ4n) is 4.82. The quantitative estimate of drug-likeness (QED) is 0.144. The van der Waals surface area contributed by atoms with Crippen LogP contribution in [0.3, 0.4) is 0 Å². The van der Waals surface area contributed by atoms with Gasteiger partial charge in [0.05, 0.1) is 6.54 Å². The number of nitrogens with zero attached hydrogens (tertiary/aromatic N) is 2.